The van der Waals surface area contributed by atoms with Gasteiger partial charge in [-0.25, -0.2) is 0 Å². The fourth-order valence-electron chi connectivity index (χ4n) is 2.37. The van der Waals surface area contributed by atoms with E-state index in [4.69, 9.17) is 18.0 Å². The van der Waals surface area contributed by atoms with Crippen molar-refractivity contribution >= 4 is 25.0 Å². The van der Waals surface area contributed by atoms with Crippen molar-refractivity contribution in [2.45, 2.75) is 83.5 Å². The van der Waals surface area contributed by atoms with Gasteiger partial charge in [0.25, 0.3) is 0 Å². The Hall–Kier alpha value is 0.451. The van der Waals surface area contributed by atoms with Crippen molar-refractivity contribution in [1.82, 2.24) is 0 Å². The minimum atomic E-state index is -1.79. The second-order valence-corrected chi connectivity index (χ2v) is 22.2. The summed E-state index contributed by atoms with van der Waals surface area (Å²) in [6, 6.07) is 0. The van der Waals surface area contributed by atoms with Crippen molar-refractivity contribution in [3.05, 3.63) is 0 Å². The summed E-state index contributed by atoms with van der Waals surface area (Å²) in [5.74, 6) is 0. The van der Waals surface area contributed by atoms with Crippen LogP contribution < -0.4 is 0 Å². The van der Waals surface area contributed by atoms with E-state index in [1.165, 1.54) is 0 Å². The van der Waals surface area contributed by atoms with Crippen LogP contribution in [0, 0.1) is 0 Å². The highest BCUT2D eigenvalue weighted by atomic mass is 28.4. The third kappa shape index (κ3) is 6.91. The Labute approximate surface area is 138 Å². The molecule has 0 saturated carbocycles. The Morgan fingerprint density at radius 1 is 0.727 bits per heavy atom. The van der Waals surface area contributed by atoms with E-state index in [1.807, 2.05) is 0 Å². The maximum absolute atomic E-state index is 9.69. The first kappa shape index (κ1) is 20.5. The summed E-state index contributed by atoms with van der Waals surface area (Å²) in [6.07, 6.45) is -1.35. The molecule has 5 nitrogen and oxygen atoms in total. The Balaban J connectivity index is 3.02. The number of hydrogen-bond acceptors (Lipinski definition) is 5. The van der Waals surface area contributed by atoms with Crippen molar-refractivity contribution in [3.63, 3.8) is 0 Å². The monoisotopic (exact) mass is 366 g/mol. The van der Waals surface area contributed by atoms with E-state index < -0.39 is 31.2 Å². The first-order valence-corrected chi connectivity index (χ1v) is 18.2. The van der Waals surface area contributed by atoms with Crippen LogP contribution in [-0.4, -0.2) is 61.3 Å². The van der Waals surface area contributed by atoms with Gasteiger partial charge in [-0.3, -0.25) is 0 Å². The van der Waals surface area contributed by atoms with Crippen molar-refractivity contribution in [2.24, 2.45) is 0 Å². The number of aliphatic hydroxyl groups is 1. The molecule has 8 heteroatoms. The summed E-state index contributed by atoms with van der Waals surface area (Å²) < 4.78 is 24.8. The smallest absolute Gasteiger partial charge is 0.187 e. The first-order chi connectivity index (χ1) is 9.72. The normalized spacial score (nSPS) is 30.8. The molecule has 0 aromatic carbocycles. The van der Waals surface area contributed by atoms with Crippen LogP contribution in [0.1, 0.15) is 0 Å². The van der Waals surface area contributed by atoms with Gasteiger partial charge in [0.05, 0.1) is 6.61 Å². The van der Waals surface area contributed by atoms with Crippen LogP contribution >= 0.6 is 0 Å². The first-order valence-electron chi connectivity index (χ1n) is 8.02. The summed E-state index contributed by atoms with van der Waals surface area (Å²) in [6.45, 7) is 19.2. The number of rotatable bonds is 7. The van der Waals surface area contributed by atoms with Gasteiger partial charge in [0.2, 0.25) is 0 Å². The SMILES string of the molecule is C[Si](C)(C)OC1O[C@H](CO)[C@@H](O[Si](C)(C)C)[C@H]1O[Si](C)(C)C. The third-order valence-corrected chi connectivity index (χ3v) is 5.79. The van der Waals surface area contributed by atoms with E-state index in [1.54, 1.807) is 0 Å². The second kappa shape index (κ2) is 7.14. The van der Waals surface area contributed by atoms with Gasteiger partial charge < -0.3 is 23.1 Å². The lowest BCUT2D eigenvalue weighted by atomic mass is 10.1. The van der Waals surface area contributed by atoms with Crippen molar-refractivity contribution in [1.29, 1.82) is 0 Å². The fourth-order valence-corrected chi connectivity index (χ4v) is 5.42. The number of hydrogen-bond donors (Lipinski definition) is 1. The molecule has 1 fully saturated rings. The van der Waals surface area contributed by atoms with Crippen LogP contribution in [-0.2, 0) is 18.0 Å². The lowest BCUT2D eigenvalue weighted by Crippen LogP contribution is -2.50. The van der Waals surface area contributed by atoms with Gasteiger partial charge in [0.15, 0.2) is 31.2 Å². The molecule has 1 rings (SSSR count). The molecular weight excluding hydrogens is 332 g/mol. The molecular formula is C14H34O5Si3. The highest BCUT2D eigenvalue weighted by Crippen LogP contribution is 2.33. The number of ether oxygens (including phenoxy) is 1. The molecule has 132 valence electrons. The number of aliphatic hydroxyl groups excluding tert-OH is 1. The summed E-state index contributed by atoms with van der Waals surface area (Å²) in [5, 5.41) is 9.69. The summed E-state index contributed by atoms with van der Waals surface area (Å²) >= 11 is 0. The van der Waals surface area contributed by atoms with Crippen LogP contribution in [0.4, 0.5) is 0 Å². The molecule has 0 aromatic rings. The highest BCUT2D eigenvalue weighted by molar-refractivity contribution is 6.70. The predicted molar refractivity (Wildman–Crippen MR) is 96.6 cm³/mol. The lowest BCUT2D eigenvalue weighted by Gasteiger charge is -2.35. The minimum Gasteiger partial charge on any atom is -0.409 e. The molecule has 0 aromatic heterocycles. The Morgan fingerprint density at radius 3 is 1.50 bits per heavy atom. The van der Waals surface area contributed by atoms with Gasteiger partial charge in [0, 0.05) is 0 Å². The van der Waals surface area contributed by atoms with Gasteiger partial charge in [-0.05, 0) is 58.9 Å². The summed E-state index contributed by atoms with van der Waals surface area (Å²) in [4.78, 5) is 0. The van der Waals surface area contributed by atoms with Crippen molar-refractivity contribution < 1.29 is 23.1 Å². The van der Waals surface area contributed by atoms with Gasteiger partial charge in [-0.2, -0.15) is 0 Å². The maximum Gasteiger partial charge on any atom is 0.187 e. The lowest BCUT2D eigenvalue weighted by molar-refractivity contribution is -0.118. The van der Waals surface area contributed by atoms with Gasteiger partial charge >= 0.3 is 0 Å². The zero-order valence-corrected chi connectivity index (χ0v) is 18.6. The molecule has 0 amide bonds. The molecule has 1 N–H and O–H groups in total. The third-order valence-electron chi connectivity index (χ3n) is 2.90. The molecule has 1 aliphatic heterocycles. The molecule has 1 saturated heterocycles. The second-order valence-electron chi connectivity index (χ2n) is 8.85. The average Bonchev–Trinajstić information content (AvgIpc) is 2.51. The van der Waals surface area contributed by atoms with Crippen molar-refractivity contribution in [3.8, 4) is 0 Å². The predicted octanol–water partition coefficient (Wildman–Crippen LogP) is 3.00. The molecule has 0 radical (unpaired) electrons. The molecule has 0 bridgehead atoms. The van der Waals surface area contributed by atoms with E-state index >= 15 is 0 Å². The van der Waals surface area contributed by atoms with Crippen LogP contribution in [0.15, 0.2) is 0 Å². The van der Waals surface area contributed by atoms with Gasteiger partial charge in [0.1, 0.15) is 18.3 Å². The quantitative estimate of drug-likeness (QED) is 0.702. The Bertz CT molecular complexity index is 359. The van der Waals surface area contributed by atoms with Gasteiger partial charge in [-0.15, -0.1) is 0 Å². The van der Waals surface area contributed by atoms with Crippen LogP contribution in [0.3, 0.4) is 0 Å². The van der Waals surface area contributed by atoms with Crippen LogP contribution in [0.2, 0.25) is 58.9 Å². The van der Waals surface area contributed by atoms with E-state index in [2.05, 4.69) is 58.9 Å². The van der Waals surface area contributed by atoms with E-state index in [-0.39, 0.29) is 24.9 Å². The van der Waals surface area contributed by atoms with Crippen molar-refractivity contribution in [2.75, 3.05) is 6.61 Å². The minimum absolute atomic E-state index is 0.0771. The largest absolute Gasteiger partial charge is 0.409 e. The molecule has 1 unspecified atom stereocenters. The molecule has 0 spiro atoms. The topological polar surface area (TPSA) is 57.2 Å². The van der Waals surface area contributed by atoms with E-state index in [9.17, 15) is 5.11 Å². The molecule has 22 heavy (non-hydrogen) atoms. The molecule has 0 aliphatic carbocycles. The fraction of sp³-hybridized carbons (Fsp3) is 1.00. The van der Waals surface area contributed by atoms with Crippen LogP contribution in [0.25, 0.3) is 0 Å². The van der Waals surface area contributed by atoms with E-state index in [0.717, 1.165) is 0 Å². The Kier molecular flexibility index (Phi) is 6.65. The highest BCUT2D eigenvalue weighted by Gasteiger charge is 2.50. The van der Waals surface area contributed by atoms with E-state index in [0.29, 0.717) is 0 Å². The summed E-state index contributed by atoms with van der Waals surface area (Å²) in [7, 11) is -5.36. The van der Waals surface area contributed by atoms with Crippen LogP contribution in [0.5, 0.6) is 0 Å². The average molecular weight is 367 g/mol. The maximum atomic E-state index is 9.69. The Morgan fingerprint density at radius 2 is 1.14 bits per heavy atom. The molecule has 4 atom stereocenters. The zero-order chi connectivity index (χ0) is 17.3. The zero-order valence-electron chi connectivity index (χ0n) is 15.6. The van der Waals surface area contributed by atoms with Gasteiger partial charge in [-0.1, -0.05) is 0 Å². The molecule has 1 heterocycles. The molecule has 1 aliphatic rings. The summed E-state index contributed by atoms with van der Waals surface area (Å²) in [5.41, 5.74) is 0. The standard InChI is InChI=1S/C14H34O5Si3/c1-20(2,3)17-12-11(10-15)16-14(19-22(7,8)9)13(12)18-21(4,5)6/h11-15H,10H2,1-9H3/t11-,12-,13-,14?/m1/s1.